The number of hydrogen-bond acceptors (Lipinski definition) is 1. The van der Waals surface area contributed by atoms with Gasteiger partial charge in [-0.2, -0.15) is 0 Å². The van der Waals surface area contributed by atoms with Gasteiger partial charge < -0.3 is 0 Å². The molecule has 0 atom stereocenters. The summed E-state index contributed by atoms with van der Waals surface area (Å²) >= 11 is 0. The summed E-state index contributed by atoms with van der Waals surface area (Å²) in [5.74, 6) is 0.597. The maximum Gasteiger partial charge on any atom is 0.185 e. The number of benzene rings is 2. The van der Waals surface area contributed by atoms with E-state index in [4.69, 9.17) is 0 Å². The number of ketones is 1. The number of Topliss-reactive ketones (excluding diaryl/α,β-unsaturated/α-hetero) is 1. The molecule has 0 amide bonds. The van der Waals surface area contributed by atoms with Crippen molar-refractivity contribution in [2.75, 3.05) is 0 Å². The maximum atomic E-state index is 12.9. The number of carbonyl (C=O) groups is 1. The normalized spacial score (nSPS) is 14.5. The van der Waals surface area contributed by atoms with Crippen LogP contribution in [0.1, 0.15) is 38.8 Å². The monoisotopic (exact) mass is 342 g/mol. The Bertz CT molecular complexity index is 807. The van der Waals surface area contributed by atoms with E-state index in [1.165, 1.54) is 16.7 Å². The molecule has 0 saturated heterocycles. The van der Waals surface area contributed by atoms with Gasteiger partial charge in [-0.05, 0) is 46.3 Å². The molecule has 0 N–H and O–H groups in total. The van der Waals surface area contributed by atoms with Crippen LogP contribution in [0, 0.1) is 11.8 Å². The summed E-state index contributed by atoms with van der Waals surface area (Å²) in [5.41, 5.74) is 6.43. The molecule has 0 heterocycles. The lowest BCUT2D eigenvalue weighted by Gasteiger charge is -2.23. The van der Waals surface area contributed by atoms with Gasteiger partial charge in [-0.1, -0.05) is 88.4 Å². The Morgan fingerprint density at radius 1 is 0.654 bits per heavy atom. The molecule has 0 aromatic heterocycles. The molecule has 0 radical (unpaired) electrons. The van der Waals surface area contributed by atoms with E-state index >= 15 is 0 Å². The van der Waals surface area contributed by atoms with Crippen molar-refractivity contribution >= 4 is 11.4 Å². The summed E-state index contributed by atoms with van der Waals surface area (Å²) in [6.45, 7) is 8.37. The molecule has 26 heavy (non-hydrogen) atoms. The van der Waals surface area contributed by atoms with Crippen molar-refractivity contribution in [2.24, 2.45) is 11.8 Å². The van der Waals surface area contributed by atoms with Crippen molar-refractivity contribution in [3.05, 3.63) is 101 Å². The molecular weight excluding hydrogens is 316 g/mol. The topological polar surface area (TPSA) is 17.1 Å². The summed E-state index contributed by atoms with van der Waals surface area (Å²) in [4.78, 5) is 12.9. The molecule has 0 bridgehead atoms. The molecule has 0 fully saturated rings. The zero-order chi connectivity index (χ0) is 18.7. The highest BCUT2D eigenvalue weighted by Crippen LogP contribution is 2.35. The molecule has 2 aromatic carbocycles. The largest absolute Gasteiger partial charge is 0.289 e. The molecule has 1 aliphatic carbocycles. The minimum absolute atomic E-state index is 0.194. The Morgan fingerprint density at radius 2 is 1.04 bits per heavy atom. The van der Waals surface area contributed by atoms with Crippen LogP contribution in [0.2, 0.25) is 0 Å². The minimum Gasteiger partial charge on any atom is -0.289 e. The number of hydrogen-bond donors (Lipinski definition) is 0. The fraction of sp³-hybridized carbons (Fsp3) is 0.240. The standard InChI is InChI=1S/C25H26O/c1-17(2)22-15-21(16-23(18(3)4)25(22)26)24(19-11-7-5-8-12-19)20-13-9-6-10-14-20/h5-18H,1-4H3. The highest BCUT2D eigenvalue weighted by molar-refractivity contribution is 6.11. The van der Waals surface area contributed by atoms with Gasteiger partial charge in [0.2, 0.25) is 0 Å². The van der Waals surface area contributed by atoms with Crippen LogP contribution in [0.4, 0.5) is 0 Å². The van der Waals surface area contributed by atoms with Crippen LogP contribution in [0.15, 0.2) is 89.5 Å². The molecule has 132 valence electrons. The maximum absolute atomic E-state index is 12.9. The first-order valence-corrected chi connectivity index (χ1v) is 9.32. The van der Waals surface area contributed by atoms with Gasteiger partial charge in [-0.15, -0.1) is 0 Å². The van der Waals surface area contributed by atoms with Gasteiger partial charge in [-0.25, -0.2) is 0 Å². The molecule has 0 spiro atoms. The smallest absolute Gasteiger partial charge is 0.185 e. The van der Waals surface area contributed by atoms with E-state index in [1.54, 1.807) is 0 Å². The third-order valence-corrected chi connectivity index (χ3v) is 4.80. The fourth-order valence-electron chi connectivity index (χ4n) is 3.39. The second kappa shape index (κ2) is 7.70. The summed E-state index contributed by atoms with van der Waals surface area (Å²) in [6, 6.07) is 20.9. The third-order valence-electron chi connectivity index (χ3n) is 4.80. The lowest BCUT2D eigenvalue weighted by molar-refractivity contribution is -0.113. The number of allylic oxidation sites excluding steroid dienone is 5. The molecule has 2 aromatic rings. The van der Waals surface area contributed by atoms with Crippen LogP contribution < -0.4 is 0 Å². The second-order valence-electron chi connectivity index (χ2n) is 7.40. The molecular formula is C25H26O. The predicted molar refractivity (Wildman–Crippen MR) is 110 cm³/mol. The van der Waals surface area contributed by atoms with Crippen molar-refractivity contribution in [3.8, 4) is 0 Å². The van der Waals surface area contributed by atoms with Gasteiger partial charge in [0, 0.05) is 11.1 Å². The van der Waals surface area contributed by atoms with Gasteiger partial charge in [0.15, 0.2) is 5.78 Å². The van der Waals surface area contributed by atoms with Gasteiger partial charge in [0.1, 0.15) is 0 Å². The quantitative estimate of drug-likeness (QED) is 0.643. The third kappa shape index (κ3) is 3.62. The van der Waals surface area contributed by atoms with E-state index in [-0.39, 0.29) is 17.6 Å². The minimum atomic E-state index is 0.194. The highest BCUT2D eigenvalue weighted by atomic mass is 16.1. The van der Waals surface area contributed by atoms with Crippen molar-refractivity contribution in [3.63, 3.8) is 0 Å². The SMILES string of the molecule is CC(C)C1=CC(=C(c2ccccc2)c2ccccc2)C=C(C(C)C)C1=O. The summed E-state index contributed by atoms with van der Waals surface area (Å²) < 4.78 is 0. The predicted octanol–water partition coefficient (Wildman–Crippen LogP) is 6.24. The van der Waals surface area contributed by atoms with E-state index < -0.39 is 0 Å². The van der Waals surface area contributed by atoms with Gasteiger partial charge in [-0.3, -0.25) is 4.79 Å². The van der Waals surface area contributed by atoms with E-state index in [2.05, 4.69) is 88.4 Å². The fourth-order valence-corrected chi connectivity index (χ4v) is 3.39. The molecule has 1 nitrogen and oxygen atoms in total. The molecule has 0 saturated carbocycles. The van der Waals surface area contributed by atoms with Gasteiger partial charge in [0.25, 0.3) is 0 Å². The number of carbonyl (C=O) groups excluding carboxylic acids is 1. The van der Waals surface area contributed by atoms with Crippen molar-refractivity contribution < 1.29 is 4.79 Å². The molecule has 0 aliphatic heterocycles. The molecule has 1 aliphatic rings. The lowest BCUT2D eigenvalue weighted by Crippen LogP contribution is -2.18. The zero-order valence-electron chi connectivity index (χ0n) is 16.0. The Morgan fingerprint density at radius 3 is 1.38 bits per heavy atom. The van der Waals surface area contributed by atoms with Crippen LogP contribution in [0.5, 0.6) is 0 Å². The van der Waals surface area contributed by atoms with Crippen molar-refractivity contribution in [2.45, 2.75) is 27.7 Å². The summed E-state index contributed by atoms with van der Waals surface area (Å²) in [5, 5.41) is 0. The first-order chi connectivity index (χ1) is 12.5. The van der Waals surface area contributed by atoms with E-state index in [0.717, 1.165) is 16.7 Å². The van der Waals surface area contributed by atoms with E-state index in [9.17, 15) is 4.79 Å². The summed E-state index contributed by atoms with van der Waals surface area (Å²) in [6.07, 6.45) is 4.18. The molecule has 1 heteroatoms. The van der Waals surface area contributed by atoms with Crippen LogP contribution in [0.3, 0.4) is 0 Å². The lowest BCUT2D eigenvalue weighted by atomic mass is 9.80. The van der Waals surface area contributed by atoms with Crippen LogP contribution in [-0.2, 0) is 4.79 Å². The van der Waals surface area contributed by atoms with Crippen LogP contribution in [0.25, 0.3) is 5.57 Å². The molecule has 3 rings (SSSR count). The summed E-state index contributed by atoms with van der Waals surface area (Å²) in [7, 11) is 0. The van der Waals surface area contributed by atoms with E-state index in [1.807, 2.05) is 12.1 Å². The second-order valence-corrected chi connectivity index (χ2v) is 7.40. The van der Waals surface area contributed by atoms with E-state index in [0.29, 0.717) is 0 Å². The van der Waals surface area contributed by atoms with Crippen molar-refractivity contribution in [1.82, 2.24) is 0 Å². The highest BCUT2D eigenvalue weighted by Gasteiger charge is 2.25. The number of rotatable bonds is 4. The average Bonchev–Trinajstić information content (AvgIpc) is 2.64. The van der Waals surface area contributed by atoms with Crippen LogP contribution >= 0.6 is 0 Å². The Kier molecular flexibility index (Phi) is 5.37. The first-order valence-electron chi connectivity index (χ1n) is 9.32. The zero-order valence-corrected chi connectivity index (χ0v) is 16.0. The van der Waals surface area contributed by atoms with Crippen LogP contribution in [-0.4, -0.2) is 5.78 Å². The Hall–Kier alpha value is -2.67. The average molecular weight is 342 g/mol. The van der Waals surface area contributed by atoms with Gasteiger partial charge >= 0.3 is 0 Å². The Labute approximate surface area is 156 Å². The molecule has 0 unspecified atom stereocenters. The van der Waals surface area contributed by atoms with Crippen molar-refractivity contribution in [1.29, 1.82) is 0 Å². The Balaban J connectivity index is 2.32. The van der Waals surface area contributed by atoms with Gasteiger partial charge in [0.05, 0.1) is 0 Å². The first kappa shape index (κ1) is 18.1.